The first-order valence-corrected chi connectivity index (χ1v) is 7.48. The molecule has 2 heterocycles. The number of fused-ring (bicyclic) bond motifs is 1. The summed E-state index contributed by atoms with van der Waals surface area (Å²) >= 11 is 0. The lowest BCUT2D eigenvalue weighted by molar-refractivity contribution is 0.162. The molecule has 2 nitrogen and oxygen atoms in total. The van der Waals surface area contributed by atoms with Gasteiger partial charge in [0.1, 0.15) is 5.82 Å². The van der Waals surface area contributed by atoms with Crippen LogP contribution in [0.1, 0.15) is 44.2 Å². The van der Waals surface area contributed by atoms with Crippen LogP contribution in [-0.4, -0.2) is 30.1 Å². The van der Waals surface area contributed by atoms with Gasteiger partial charge >= 0.3 is 0 Å². The van der Waals surface area contributed by atoms with Gasteiger partial charge in [-0.2, -0.15) is 0 Å². The number of benzene rings is 1. The van der Waals surface area contributed by atoms with E-state index < -0.39 is 0 Å². The van der Waals surface area contributed by atoms with E-state index in [2.05, 4.69) is 17.1 Å². The van der Waals surface area contributed by atoms with Crippen LogP contribution in [0.25, 0.3) is 0 Å². The Labute approximate surface area is 115 Å². The van der Waals surface area contributed by atoms with Crippen LogP contribution in [0.2, 0.25) is 0 Å². The summed E-state index contributed by atoms with van der Waals surface area (Å²) in [5, 5.41) is 3.62. The smallest absolute Gasteiger partial charge is 0.127 e. The molecule has 0 aromatic heterocycles. The van der Waals surface area contributed by atoms with Gasteiger partial charge in [0.2, 0.25) is 0 Å². The standard InChI is InChI=1S/C16H23FN2/c1-12(15-6-2-3-7-16(15)17)18-13-8-10-19-9-4-5-14(19)11-13/h2-3,6-7,12-14,18H,4-5,8-11H2,1H3/t12-,13?,14?/m1/s1. The number of rotatable bonds is 3. The van der Waals surface area contributed by atoms with Gasteiger partial charge < -0.3 is 10.2 Å². The van der Waals surface area contributed by atoms with Crippen molar-refractivity contribution in [2.45, 2.75) is 50.7 Å². The molecule has 1 aromatic carbocycles. The summed E-state index contributed by atoms with van der Waals surface area (Å²) in [4.78, 5) is 2.62. The molecule has 1 N–H and O–H groups in total. The zero-order valence-electron chi connectivity index (χ0n) is 11.6. The summed E-state index contributed by atoms with van der Waals surface area (Å²) < 4.78 is 13.8. The number of halogens is 1. The molecule has 19 heavy (non-hydrogen) atoms. The second kappa shape index (κ2) is 5.59. The molecule has 104 valence electrons. The van der Waals surface area contributed by atoms with Crippen molar-refractivity contribution < 1.29 is 4.39 Å². The van der Waals surface area contributed by atoms with Crippen LogP contribution in [0.3, 0.4) is 0 Å². The quantitative estimate of drug-likeness (QED) is 0.900. The molecule has 2 fully saturated rings. The second-order valence-electron chi connectivity index (χ2n) is 5.96. The number of nitrogens with zero attached hydrogens (tertiary/aromatic N) is 1. The molecule has 2 saturated heterocycles. The molecule has 2 aliphatic heterocycles. The van der Waals surface area contributed by atoms with Gasteiger partial charge in [0.05, 0.1) is 0 Å². The lowest BCUT2D eigenvalue weighted by atomic mass is 9.96. The molecule has 0 spiro atoms. The molecule has 2 aliphatic rings. The molecule has 1 aromatic rings. The minimum Gasteiger partial charge on any atom is -0.307 e. The summed E-state index contributed by atoms with van der Waals surface area (Å²) in [6.45, 7) is 4.55. The van der Waals surface area contributed by atoms with E-state index >= 15 is 0 Å². The summed E-state index contributed by atoms with van der Waals surface area (Å²) in [5.41, 5.74) is 0.788. The molecule has 3 atom stereocenters. The molecular weight excluding hydrogens is 239 g/mol. The third-order valence-corrected chi connectivity index (χ3v) is 4.68. The SMILES string of the molecule is C[C@@H](NC1CCN2CCCC2C1)c1ccccc1F. The zero-order chi connectivity index (χ0) is 13.2. The van der Waals surface area contributed by atoms with Crippen molar-refractivity contribution >= 4 is 0 Å². The summed E-state index contributed by atoms with van der Waals surface area (Å²) in [7, 11) is 0. The minimum atomic E-state index is -0.0965. The highest BCUT2D eigenvalue weighted by Crippen LogP contribution is 2.28. The molecule has 3 rings (SSSR count). The Kier molecular flexibility index (Phi) is 3.85. The van der Waals surface area contributed by atoms with Crippen molar-refractivity contribution in [3.05, 3.63) is 35.6 Å². The lowest BCUT2D eigenvalue weighted by Gasteiger charge is -2.36. The van der Waals surface area contributed by atoms with Crippen LogP contribution in [-0.2, 0) is 0 Å². The van der Waals surface area contributed by atoms with Crippen molar-refractivity contribution in [1.29, 1.82) is 0 Å². The highest BCUT2D eigenvalue weighted by Gasteiger charge is 2.32. The Bertz CT molecular complexity index is 435. The molecular formula is C16H23FN2. The van der Waals surface area contributed by atoms with E-state index in [1.165, 1.54) is 38.8 Å². The fourth-order valence-electron chi connectivity index (χ4n) is 3.65. The third kappa shape index (κ3) is 2.82. The van der Waals surface area contributed by atoms with Crippen LogP contribution < -0.4 is 5.32 Å². The number of nitrogens with one attached hydrogen (secondary N) is 1. The van der Waals surface area contributed by atoms with Crippen molar-refractivity contribution in [1.82, 2.24) is 10.2 Å². The normalized spacial score (nSPS) is 29.2. The van der Waals surface area contributed by atoms with Gasteiger partial charge in [-0.25, -0.2) is 4.39 Å². The van der Waals surface area contributed by atoms with Crippen LogP contribution in [0.4, 0.5) is 4.39 Å². The van der Waals surface area contributed by atoms with Crippen molar-refractivity contribution in [2.75, 3.05) is 13.1 Å². The monoisotopic (exact) mass is 262 g/mol. The Hall–Kier alpha value is -0.930. The van der Waals surface area contributed by atoms with E-state index in [1.54, 1.807) is 12.1 Å². The largest absolute Gasteiger partial charge is 0.307 e. The zero-order valence-corrected chi connectivity index (χ0v) is 11.6. The van der Waals surface area contributed by atoms with Crippen LogP contribution >= 0.6 is 0 Å². The van der Waals surface area contributed by atoms with Crippen molar-refractivity contribution in [3.63, 3.8) is 0 Å². The Balaban J connectivity index is 1.61. The highest BCUT2D eigenvalue weighted by molar-refractivity contribution is 5.20. The maximum atomic E-state index is 13.8. The third-order valence-electron chi connectivity index (χ3n) is 4.68. The summed E-state index contributed by atoms with van der Waals surface area (Å²) in [6.07, 6.45) is 5.10. The highest BCUT2D eigenvalue weighted by atomic mass is 19.1. The van der Waals surface area contributed by atoms with Crippen LogP contribution in [0, 0.1) is 5.82 Å². The Morgan fingerprint density at radius 3 is 2.95 bits per heavy atom. The van der Waals surface area contributed by atoms with E-state index in [0.29, 0.717) is 6.04 Å². The van der Waals surface area contributed by atoms with Gasteiger partial charge in [0.15, 0.2) is 0 Å². The van der Waals surface area contributed by atoms with Crippen LogP contribution in [0.15, 0.2) is 24.3 Å². The second-order valence-corrected chi connectivity index (χ2v) is 5.96. The lowest BCUT2D eigenvalue weighted by Crippen LogP contribution is -2.46. The van der Waals surface area contributed by atoms with Crippen molar-refractivity contribution in [3.8, 4) is 0 Å². The van der Waals surface area contributed by atoms with Crippen molar-refractivity contribution in [2.24, 2.45) is 0 Å². The van der Waals surface area contributed by atoms with E-state index in [1.807, 2.05) is 12.1 Å². The molecule has 0 aliphatic carbocycles. The summed E-state index contributed by atoms with van der Waals surface area (Å²) in [5.74, 6) is -0.0965. The predicted molar refractivity (Wildman–Crippen MR) is 75.6 cm³/mol. The average Bonchev–Trinajstić information content (AvgIpc) is 2.86. The Morgan fingerprint density at radius 1 is 1.26 bits per heavy atom. The van der Waals surface area contributed by atoms with E-state index in [-0.39, 0.29) is 11.9 Å². The van der Waals surface area contributed by atoms with Gasteiger partial charge in [0.25, 0.3) is 0 Å². The first kappa shape index (κ1) is 13.1. The molecule has 0 amide bonds. The van der Waals surface area contributed by atoms with E-state index in [4.69, 9.17) is 0 Å². The first-order chi connectivity index (χ1) is 9.24. The molecule has 3 heteroatoms. The molecule has 0 radical (unpaired) electrons. The summed E-state index contributed by atoms with van der Waals surface area (Å²) in [6, 6.07) is 8.50. The molecule has 0 saturated carbocycles. The fraction of sp³-hybridized carbons (Fsp3) is 0.625. The van der Waals surface area contributed by atoms with Gasteiger partial charge in [-0.3, -0.25) is 0 Å². The molecule has 2 unspecified atom stereocenters. The van der Waals surface area contributed by atoms with E-state index in [9.17, 15) is 4.39 Å². The Morgan fingerprint density at radius 2 is 2.11 bits per heavy atom. The number of hydrogen-bond donors (Lipinski definition) is 1. The van der Waals surface area contributed by atoms with E-state index in [0.717, 1.165) is 11.6 Å². The first-order valence-electron chi connectivity index (χ1n) is 7.48. The number of hydrogen-bond acceptors (Lipinski definition) is 2. The fourth-order valence-corrected chi connectivity index (χ4v) is 3.65. The van der Waals surface area contributed by atoms with Gasteiger partial charge in [-0.1, -0.05) is 18.2 Å². The maximum absolute atomic E-state index is 13.8. The maximum Gasteiger partial charge on any atom is 0.127 e. The average molecular weight is 262 g/mol. The topological polar surface area (TPSA) is 15.3 Å². The molecule has 0 bridgehead atoms. The number of piperidine rings is 1. The van der Waals surface area contributed by atoms with Gasteiger partial charge in [0, 0.05) is 23.7 Å². The van der Waals surface area contributed by atoms with Crippen LogP contribution in [0.5, 0.6) is 0 Å². The minimum absolute atomic E-state index is 0.0964. The predicted octanol–water partition coefficient (Wildman–Crippen LogP) is 3.10. The van der Waals surface area contributed by atoms with Gasteiger partial charge in [-0.15, -0.1) is 0 Å². The van der Waals surface area contributed by atoms with Gasteiger partial charge in [-0.05, 0) is 51.8 Å².